The molecule has 2 atom stereocenters. The Morgan fingerprint density at radius 3 is 2.62 bits per heavy atom. The summed E-state index contributed by atoms with van der Waals surface area (Å²) >= 11 is 9.10. The predicted molar refractivity (Wildman–Crippen MR) is 65.5 cm³/mol. The van der Waals surface area contributed by atoms with E-state index >= 15 is 0 Å². The standard InChI is InChI=1S/C11H11BrClNO2/c12-4-3-10(15)11(16)8-2-1-7(6-14)5-9(8)13/h1-2,5,10-11,15-16H,3-4H2. The SMILES string of the molecule is N#Cc1ccc(C(O)C(O)CCBr)c(Cl)c1. The minimum absolute atomic E-state index is 0.292. The Balaban J connectivity index is 2.92. The lowest BCUT2D eigenvalue weighted by atomic mass is 10.0. The van der Waals surface area contributed by atoms with Crippen LogP contribution in [-0.2, 0) is 0 Å². The van der Waals surface area contributed by atoms with Gasteiger partial charge in [0, 0.05) is 15.9 Å². The molecule has 0 heterocycles. The van der Waals surface area contributed by atoms with Gasteiger partial charge >= 0.3 is 0 Å². The first-order chi connectivity index (χ1) is 7.60. The number of aliphatic hydroxyl groups is 2. The Morgan fingerprint density at radius 1 is 1.44 bits per heavy atom. The molecule has 0 saturated heterocycles. The number of hydrogen-bond donors (Lipinski definition) is 2. The van der Waals surface area contributed by atoms with Crippen LogP contribution in [-0.4, -0.2) is 21.6 Å². The van der Waals surface area contributed by atoms with Gasteiger partial charge < -0.3 is 10.2 Å². The van der Waals surface area contributed by atoms with E-state index in [1.165, 1.54) is 6.07 Å². The van der Waals surface area contributed by atoms with Crippen LogP contribution < -0.4 is 0 Å². The van der Waals surface area contributed by atoms with Crippen molar-refractivity contribution >= 4 is 27.5 Å². The third-order valence-corrected chi connectivity index (χ3v) is 3.00. The average molecular weight is 305 g/mol. The molecule has 1 aromatic rings. The van der Waals surface area contributed by atoms with Gasteiger partial charge in [-0.3, -0.25) is 0 Å². The Hall–Kier alpha value is -0.600. The molecule has 1 rings (SSSR count). The van der Waals surface area contributed by atoms with Crippen molar-refractivity contribution in [2.75, 3.05) is 5.33 Å². The molecule has 86 valence electrons. The van der Waals surface area contributed by atoms with Gasteiger partial charge in [0.2, 0.25) is 0 Å². The zero-order valence-electron chi connectivity index (χ0n) is 8.40. The van der Waals surface area contributed by atoms with Gasteiger partial charge in [0.25, 0.3) is 0 Å². The van der Waals surface area contributed by atoms with Crippen molar-refractivity contribution in [2.24, 2.45) is 0 Å². The van der Waals surface area contributed by atoms with Crippen LogP contribution in [0.4, 0.5) is 0 Å². The van der Waals surface area contributed by atoms with Crippen LogP contribution in [0.2, 0.25) is 5.02 Å². The van der Waals surface area contributed by atoms with Crippen LogP contribution in [0.3, 0.4) is 0 Å². The van der Waals surface area contributed by atoms with Crippen molar-refractivity contribution in [1.29, 1.82) is 5.26 Å². The third kappa shape index (κ3) is 3.19. The lowest BCUT2D eigenvalue weighted by molar-refractivity contribution is 0.0174. The fourth-order valence-electron chi connectivity index (χ4n) is 1.31. The van der Waals surface area contributed by atoms with Crippen LogP contribution in [0.15, 0.2) is 18.2 Å². The highest BCUT2D eigenvalue weighted by molar-refractivity contribution is 9.09. The zero-order valence-corrected chi connectivity index (χ0v) is 10.7. The highest BCUT2D eigenvalue weighted by Crippen LogP contribution is 2.27. The second kappa shape index (κ2) is 6.21. The molecule has 0 fully saturated rings. The molecule has 0 amide bonds. The van der Waals surface area contributed by atoms with Crippen LogP contribution in [0.1, 0.15) is 23.7 Å². The molecule has 0 aromatic heterocycles. The largest absolute Gasteiger partial charge is 0.390 e. The molecular formula is C11H11BrClNO2. The minimum atomic E-state index is -1.03. The van der Waals surface area contributed by atoms with E-state index in [0.717, 1.165) is 0 Å². The quantitative estimate of drug-likeness (QED) is 0.840. The molecule has 2 N–H and O–H groups in total. The maximum atomic E-state index is 9.83. The predicted octanol–water partition coefficient (Wildman–Crippen LogP) is 2.39. The summed E-state index contributed by atoms with van der Waals surface area (Å²) in [4.78, 5) is 0. The summed E-state index contributed by atoms with van der Waals surface area (Å²) in [7, 11) is 0. The van der Waals surface area contributed by atoms with E-state index in [2.05, 4.69) is 15.9 Å². The van der Waals surface area contributed by atoms with E-state index < -0.39 is 12.2 Å². The molecule has 0 saturated carbocycles. The van der Waals surface area contributed by atoms with Gasteiger partial charge in [0.1, 0.15) is 6.10 Å². The monoisotopic (exact) mass is 303 g/mol. The fourth-order valence-corrected chi connectivity index (χ4v) is 2.07. The van der Waals surface area contributed by atoms with Crippen LogP contribution in [0, 0.1) is 11.3 Å². The Morgan fingerprint density at radius 2 is 2.12 bits per heavy atom. The van der Waals surface area contributed by atoms with Gasteiger partial charge in [-0.05, 0) is 18.6 Å². The molecule has 0 spiro atoms. The Labute approximate surface area is 107 Å². The molecule has 1 aromatic carbocycles. The van der Waals surface area contributed by atoms with E-state index in [4.69, 9.17) is 16.9 Å². The van der Waals surface area contributed by atoms with E-state index in [9.17, 15) is 10.2 Å². The topological polar surface area (TPSA) is 64.2 Å². The zero-order chi connectivity index (χ0) is 12.1. The highest BCUT2D eigenvalue weighted by Gasteiger charge is 2.20. The van der Waals surface area contributed by atoms with E-state index in [1.807, 2.05) is 6.07 Å². The van der Waals surface area contributed by atoms with Crippen molar-refractivity contribution in [3.63, 3.8) is 0 Å². The van der Waals surface area contributed by atoms with Crippen molar-refractivity contribution < 1.29 is 10.2 Å². The number of hydrogen-bond acceptors (Lipinski definition) is 3. The number of rotatable bonds is 4. The highest BCUT2D eigenvalue weighted by atomic mass is 79.9. The second-order valence-corrected chi connectivity index (χ2v) is 4.54. The molecule has 0 aliphatic carbocycles. The van der Waals surface area contributed by atoms with E-state index in [1.54, 1.807) is 12.1 Å². The minimum Gasteiger partial charge on any atom is -0.390 e. The molecular weight excluding hydrogens is 293 g/mol. The Kier molecular flexibility index (Phi) is 5.23. The summed E-state index contributed by atoms with van der Waals surface area (Å²) in [6, 6.07) is 6.54. The molecule has 3 nitrogen and oxygen atoms in total. The lowest BCUT2D eigenvalue weighted by Crippen LogP contribution is -2.18. The molecule has 2 unspecified atom stereocenters. The molecule has 5 heteroatoms. The first kappa shape index (κ1) is 13.5. The van der Waals surface area contributed by atoms with Crippen molar-refractivity contribution in [1.82, 2.24) is 0 Å². The second-order valence-electron chi connectivity index (χ2n) is 3.34. The molecule has 0 radical (unpaired) electrons. The van der Waals surface area contributed by atoms with Crippen LogP contribution >= 0.6 is 27.5 Å². The third-order valence-electron chi connectivity index (χ3n) is 2.22. The van der Waals surface area contributed by atoms with E-state index in [0.29, 0.717) is 27.9 Å². The summed E-state index contributed by atoms with van der Waals surface area (Å²) in [6.45, 7) is 0. The number of benzene rings is 1. The first-order valence-corrected chi connectivity index (χ1v) is 6.21. The first-order valence-electron chi connectivity index (χ1n) is 4.71. The van der Waals surface area contributed by atoms with Gasteiger partial charge in [0.05, 0.1) is 17.7 Å². The number of nitrogens with zero attached hydrogens (tertiary/aromatic N) is 1. The average Bonchev–Trinajstić information content (AvgIpc) is 2.28. The Bertz CT molecular complexity index is 405. The van der Waals surface area contributed by atoms with Crippen LogP contribution in [0.5, 0.6) is 0 Å². The summed E-state index contributed by atoms with van der Waals surface area (Å²) in [5, 5.41) is 29.0. The normalized spacial score (nSPS) is 14.2. The number of alkyl halides is 1. The number of nitriles is 1. The number of aliphatic hydroxyl groups excluding tert-OH is 2. The maximum Gasteiger partial charge on any atom is 0.106 e. The van der Waals surface area contributed by atoms with Crippen LogP contribution in [0.25, 0.3) is 0 Å². The van der Waals surface area contributed by atoms with Gasteiger partial charge in [-0.2, -0.15) is 5.26 Å². The van der Waals surface area contributed by atoms with Gasteiger partial charge in [-0.25, -0.2) is 0 Å². The molecule has 16 heavy (non-hydrogen) atoms. The number of halogens is 2. The summed E-state index contributed by atoms with van der Waals surface area (Å²) in [5.41, 5.74) is 0.866. The van der Waals surface area contributed by atoms with Crippen molar-refractivity contribution in [3.05, 3.63) is 34.3 Å². The van der Waals surface area contributed by atoms with Crippen molar-refractivity contribution in [2.45, 2.75) is 18.6 Å². The molecule has 0 bridgehead atoms. The summed E-state index contributed by atoms with van der Waals surface area (Å²) in [5.74, 6) is 0. The smallest absolute Gasteiger partial charge is 0.106 e. The van der Waals surface area contributed by atoms with E-state index in [-0.39, 0.29) is 0 Å². The van der Waals surface area contributed by atoms with Gasteiger partial charge in [-0.1, -0.05) is 33.6 Å². The lowest BCUT2D eigenvalue weighted by Gasteiger charge is -2.18. The van der Waals surface area contributed by atoms with Gasteiger partial charge in [-0.15, -0.1) is 0 Å². The fraction of sp³-hybridized carbons (Fsp3) is 0.364. The summed E-state index contributed by atoms with van der Waals surface area (Å²) < 4.78 is 0. The van der Waals surface area contributed by atoms with Crippen molar-refractivity contribution in [3.8, 4) is 6.07 Å². The maximum absolute atomic E-state index is 9.83. The molecule has 0 aliphatic heterocycles. The summed E-state index contributed by atoms with van der Waals surface area (Å²) in [6.07, 6.45) is -1.47. The van der Waals surface area contributed by atoms with Gasteiger partial charge in [0.15, 0.2) is 0 Å². The molecule has 0 aliphatic rings.